The molecule has 1 aliphatic heterocycles. The third-order valence-corrected chi connectivity index (χ3v) is 5.68. The molecule has 0 radical (unpaired) electrons. The third kappa shape index (κ3) is 4.35. The Morgan fingerprint density at radius 1 is 1.07 bits per heavy atom. The van der Waals surface area contributed by atoms with E-state index in [2.05, 4.69) is 21.2 Å². The van der Waals surface area contributed by atoms with Crippen molar-refractivity contribution in [3.63, 3.8) is 0 Å². The van der Waals surface area contributed by atoms with Crippen LogP contribution in [0, 0.1) is 0 Å². The molecule has 0 saturated carbocycles. The Bertz CT molecular complexity index is 1090. The van der Waals surface area contributed by atoms with Gasteiger partial charge in [-0.2, -0.15) is 0 Å². The van der Waals surface area contributed by atoms with Gasteiger partial charge >= 0.3 is 6.09 Å². The Morgan fingerprint density at radius 3 is 2.57 bits per heavy atom. The maximum Gasteiger partial charge on any atom is 0.411 e. The smallest absolute Gasteiger partial charge is 0.411 e. The first-order valence-electron chi connectivity index (χ1n) is 9.34. The molecule has 0 fully saturated rings. The maximum absolute atomic E-state index is 13.1. The van der Waals surface area contributed by atoms with Crippen LogP contribution in [-0.4, -0.2) is 23.4 Å². The highest BCUT2D eigenvalue weighted by molar-refractivity contribution is 9.10. The van der Waals surface area contributed by atoms with Crippen molar-refractivity contribution < 1.29 is 14.3 Å². The van der Waals surface area contributed by atoms with Crippen LogP contribution in [0.2, 0.25) is 5.02 Å². The fourth-order valence-electron chi connectivity index (χ4n) is 3.48. The van der Waals surface area contributed by atoms with Gasteiger partial charge in [0.25, 0.3) is 0 Å². The number of carbonyl (C=O) groups excluding carboxylic acids is 2. The van der Waals surface area contributed by atoms with Gasteiger partial charge in [-0.15, -0.1) is 0 Å². The molecule has 1 heterocycles. The number of hydrogen-bond donors (Lipinski definition) is 1. The number of amides is 2. The molecule has 1 N–H and O–H groups in total. The predicted molar refractivity (Wildman–Crippen MR) is 119 cm³/mol. The zero-order valence-corrected chi connectivity index (χ0v) is 18.2. The minimum atomic E-state index is -0.591. The highest BCUT2D eigenvalue weighted by Gasteiger charge is 2.35. The molecular weight excluding hydrogens is 468 g/mol. The second-order valence-corrected chi connectivity index (χ2v) is 8.19. The molecule has 0 aliphatic carbocycles. The van der Waals surface area contributed by atoms with Crippen LogP contribution >= 0.6 is 27.5 Å². The summed E-state index contributed by atoms with van der Waals surface area (Å²) in [5.74, 6) is -0.301. The summed E-state index contributed by atoms with van der Waals surface area (Å²) in [5, 5.41) is 3.38. The predicted octanol–water partition coefficient (Wildman–Crippen LogP) is 5.78. The van der Waals surface area contributed by atoms with E-state index in [1.54, 1.807) is 12.1 Å². The average molecular weight is 486 g/mol. The molecule has 30 heavy (non-hydrogen) atoms. The molecule has 0 unspecified atom stereocenters. The summed E-state index contributed by atoms with van der Waals surface area (Å²) in [6.07, 6.45) is -0.591. The van der Waals surface area contributed by atoms with Gasteiger partial charge in [0.15, 0.2) is 0 Å². The second kappa shape index (κ2) is 8.90. The van der Waals surface area contributed by atoms with Gasteiger partial charge in [-0.25, -0.2) is 4.79 Å². The molecule has 0 aromatic heterocycles. The van der Waals surface area contributed by atoms with Crippen molar-refractivity contribution in [1.29, 1.82) is 0 Å². The van der Waals surface area contributed by atoms with E-state index in [4.69, 9.17) is 16.3 Å². The lowest BCUT2D eigenvalue weighted by Gasteiger charge is -2.30. The molecule has 3 aromatic carbocycles. The first kappa shape index (κ1) is 20.4. The first-order valence-corrected chi connectivity index (χ1v) is 10.5. The third-order valence-electron chi connectivity index (χ3n) is 4.85. The molecule has 3 aromatic rings. The zero-order valence-electron chi connectivity index (χ0n) is 15.8. The number of halogens is 2. The molecule has 2 amide bonds. The Labute approximate surface area is 187 Å². The van der Waals surface area contributed by atoms with Gasteiger partial charge in [-0.3, -0.25) is 9.69 Å². The van der Waals surface area contributed by atoms with Crippen molar-refractivity contribution >= 4 is 45.2 Å². The molecule has 152 valence electrons. The van der Waals surface area contributed by atoms with Gasteiger partial charge in [-0.1, -0.05) is 76.1 Å². The summed E-state index contributed by atoms with van der Waals surface area (Å²) in [4.78, 5) is 27.1. The lowest BCUT2D eigenvalue weighted by atomic mass is 9.96. The quantitative estimate of drug-likeness (QED) is 0.511. The first-order chi connectivity index (χ1) is 14.5. The molecule has 0 saturated heterocycles. The minimum absolute atomic E-state index is 0.109. The van der Waals surface area contributed by atoms with Crippen molar-refractivity contribution in [3.05, 3.63) is 99.0 Å². The highest BCUT2D eigenvalue weighted by Crippen LogP contribution is 2.40. The summed E-state index contributed by atoms with van der Waals surface area (Å²) in [6.45, 7) is -0.0474. The maximum atomic E-state index is 13.1. The van der Waals surface area contributed by atoms with Gasteiger partial charge in [-0.05, 0) is 35.4 Å². The van der Waals surface area contributed by atoms with Crippen molar-refractivity contribution in [2.45, 2.75) is 12.6 Å². The number of nitrogens with one attached hydrogen (secondary N) is 1. The van der Waals surface area contributed by atoms with Gasteiger partial charge in [0.2, 0.25) is 5.91 Å². The van der Waals surface area contributed by atoms with E-state index in [0.717, 1.165) is 15.6 Å². The van der Waals surface area contributed by atoms with E-state index in [9.17, 15) is 9.59 Å². The molecule has 1 atom stereocenters. The topological polar surface area (TPSA) is 58.6 Å². The van der Waals surface area contributed by atoms with Gasteiger partial charge in [0.1, 0.15) is 13.2 Å². The number of rotatable bonds is 3. The van der Waals surface area contributed by atoms with Gasteiger partial charge in [0, 0.05) is 20.7 Å². The molecule has 4 rings (SSSR count). The normalized spacial score (nSPS) is 15.7. The van der Waals surface area contributed by atoms with Crippen LogP contribution in [-0.2, 0) is 16.1 Å². The van der Waals surface area contributed by atoms with E-state index in [1.165, 1.54) is 4.90 Å². The largest absolute Gasteiger partial charge is 0.445 e. The van der Waals surface area contributed by atoms with Crippen molar-refractivity contribution in [2.75, 3.05) is 11.9 Å². The lowest BCUT2D eigenvalue weighted by molar-refractivity contribution is -0.117. The molecule has 5 nitrogen and oxygen atoms in total. The average Bonchev–Trinajstić information content (AvgIpc) is 2.89. The van der Waals surface area contributed by atoms with Crippen LogP contribution in [0.5, 0.6) is 0 Å². The Kier molecular flexibility index (Phi) is 6.06. The Balaban J connectivity index is 1.75. The van der Waals surface area contributed by atoms with Crippen LogP contribution < -0.4 is 5.32 Å². The summed E-state index contributed by atoms with van der Waals surface area (Å²) in [6, 6.07) is 21.6. The fourth-order valence-corrected chi connectivity index (χ4v) is 4.10. The number of hydrogen-bond acceptors (Lipinski definition) is 3. The molecule has 0 spiro atoms. The second-order valence-electron chi connectivity index (χ2n) is 6.87. The molecular formula is C23H18BrClN2O3. The summed E-state index contributed by atoms with van der Waals surface area (Å²) in [7, 11) is 0. The van der Waals surface area contributed by atoms with E-state index in [-0.39, 0.29) is 19.1 Å². The monoisotopic (exact) mass is 484 g/mol. The number of carbonyl (C=O) groups is 2. The van der Waals surface area contributed by atoms with E-state index >= 15 is 0 Å². The van der Waals surface area contributed by atoms with Crippen LogP contribution in [0.3, 0.4) is 0 Å². The molecule has 0 bridgehead atoms. The number of nitrogens with zero attached hydrogens (tertiary/aromatic N) is 1. The summed E-state index contributed by atoms with van der Waals surface area (Å²) >= 11 is 9.99. The summed E-state index contributed by atoms with van der Waals surface area (Å²) in [5.41, 5.74) is 2.96. The van der Waals surface area contributed by atoms with Crippen LogP contribution in [0.4, 0.5) is 10.5 Å². The highest BCUT2D eigenvalue weighted by atomic mass is 79.9. The van der Waals surface area contributed by atoms with E-state index in [0.29, 0.717) is 16.3 Å². The number of ether oxygens (including phenoxy) is 1. The van der Waals surface area contributed by atoms with E-state index in [1.807, 2.05) is 60.7 Å². The summed E-state index contributed by atoms with van der Waals surface area (Å²) < 4.78 is 6.39. The minimum Gasteiger partial charge on any atom is -0.445 e. The molecule has 7 heteroatoms. The zero-order chi connectivity index (χ0) is 21.1. The van der Waals surface area contributed by atoms with Crippen LogP contribution in [0.1, 0.15) is 22.7 Å². The van der Waals surface area contributed by atoms with Gasteiger partial charge in [0.05, 0.1) is 6.04 Å². The van der Waals surface area contributed by atoms with Gasteiger partial charge < -0.3 is 10.1 Å². The lowest BCUT2D eigenvalue weighted by Crippen LogP contribution is -2.39. The standard InChI is InChI=1S/C23H18BrClN2O3/c24-16-10-11-20-18(12-16)22(17-8-4-5-9-19(17)25)27(13-21(28)26-20)23(29)30-14-15-6-2-1-3-7-15/h1-12,22H,13-14H2,(H,26,28)/t22-/m1/s1. The Morgan fingerprint density at radius 2 is 1.80 bits per heavy atom. The van der Waals surface area contributed by atoms with E-state index < -0.39 is 12.1 Å². The number of benzene rings is 3. The van der Waals surface area contributed by atoms with Crippen LogP contribution in [0.25, 0.3) is 0 Å². The SMILES string of the molecule is O=C1CN(C(=O)OCc2ccccc2)[C@H](c2ccccc2Cl)c2cc(Br)ccc2N1. The molecule has 1 aliphatic rings. The fraction of sp³-hybridized carbons (Fsp3) is 0.130. The van der Waals surface area contributed by atoms with Crippen LogP contribution in [0.15, 0.2) is 77.3 Å². The number of anilines is 1. The van der Waals surface area contributed by atoms with Crippen molar-refractivity contribution in [1.82, 2.24) is 4.90 Å². The number of fused-ring (bicyclic) bond motifs is 1. The Hall–Kier alpha value is -2.83. The van der Waals surface area contributed by atoms with Crippen molar-refractivity contribution in [2.24, 2.45) is 0 Å². The van der Waals surface area contributed by atoms with Crippen molar-refractivity contribution in [3.8, 4) is 0 Å².